The average Bonchev–Trinajstić information content (AvgIpc) is 2.55. The molecule has 2 atom stereocenters. The number of allylic oxidation sites excluding steroid dienone is 2. The molecule has 0 aromatic rings. The van der Waals surface area contributed by atoms with Crippen molar-refractivity contribution in [3.8, 4) is 0 Å². The maximum Gasteiger partial charge on any atom is 0.308 e. The fourth-order valence-electron chi connectivity index (χ4n) is 2.14. The zero-order valence-electron chi connectivity index (χ0n) is 15.5. The number of carboxylic acids is 1. The predicted octanol–water partition coefficient (Wildman–Crippen LogP) is 3.25. The van der Waals surface area contributed by atoms with Crippen LogP contribution in [0.5, 0.6) is 0 Å². The fourth-order valence-corrected chi connectivity index (χ4v) is 2.14. The maximum absolute atomic E-state index is 11.8. The Bertz CT molecular complexity index is 470. The number of amides is 1. The highest BCUT2D eigenvalue weighted by molar-refractivity contribution is 5.81. The van der Waals surface area contributed by atoms with Crippen molar-refractivity contribution in [3.63, 3.8) is 0 Å². The Kier molecular flexibility index (Phi) is 15.1. The average molecular weight is 353 g/mol. The Morgan fingerprint density at radius 3 is 2.32 bits per heavy atom. The molecule has 0 fully saturated rings. The quantitative estimate of drug-likeness (QED) is 0.338. The van der Waals surface area contributed by atoms with Gasteiger partial charge in [-0.25, -0.2) is 0 Å². The van der Waals surface area contributed by atoms with Gasteiger partial charge in [0.05, 0.1) is 18.9 Å². The molecule has 0 spiro atoms. The number of aliphatic carboxylic acids is 1. The van der Waals surface area contributed by atoms with E-state index < -0.39 is 5.97 Å². The molecule has 25 heavy (non-hydrogen) atoms. The third kappa shape index (κ3) is 13.7. The summed E-state index contributed by atoms with van der Waals surface area (Å²) in [5.74, 6) is -2.04. The number of carbonyl (C=O) groups excluding carboxylic acids is 2. The van der Waals surface area contributed by atoms with E-state index in [1.54, 1.807) is 13.8 Å². The van der Waals surface area contributed by atoms with E-state index >= 15 is 0 Å². The number of rotatable bonds is 11. The largest absolute Gasteiger partial charge is 0.481 e. The summed E-state index contributed by atoms with van der Waals surface area (Å²) in [5, 5.41) is 11.4. The monoisotopic (exact) mass is 353 g/mol. The number of esters is 1. The molecule has 2 N–H and O–H groups in total. The highest BCUT2D eigenvalue weighted by Crippen LogP contribution is 2.15. The minimum atomic E-state index is -1.02. The van der Waals surface area contributed by atoms with Crippen LogP contribution in [0.15, 0.2) is 37.5 Å². The summed E-state index contributed by atoms with van der Waals surface area (Å²) < 4.78 is 4.98. The van der Waals surface area contributed by atoms with Crippen molar-refractivity contribution in [1.29, 1.82) is 0 Å². The molecule has 0 saturated carbocycles. The van der Waals surface area contributed by atoms with E-state index in [1.165, 1.54) is 0 Å². The molecule has 6 heteroatoms. The normalized spacial score (nSPS) is 12.4. The Morgan fingerprint density at radius 1 is 1.24 bits per heavy atom. The molecule has 0 rings (SSSR count). The van der Waals surface area contributed by atoms with Crippen molar-refractivity contribution in [1.82, 2.24) is 5.32 Å². The summed E-state index contributed by atoms with van der Waals surface area (Å²) in [4.78, 5) is 34.1. The first-order valence-electron chi connectivity index (χ1n) is 8.28. The van der Waals surface area contributed by atoms with E-state index in [2.05, 4.69) is 25.1 Å². The van der Waals surface area contributed by atoms with Gasteiger partial charge in [0.25, 0.3) is 0 Å². The van der Waals surface area contributed by atoms with Crippen molar-refractivity contribution in [2.24, 2.45) is 5.92 Å². The van der Waals surface area contributed by atoms with Crippen molar-refractivity contribution in [2.45, 2.75) is 52.5 Å². The Hall–Kier alpha value is -2.37. The molecule has 0 bridgehead atoms. The zero-order valence-corrected chi connectivity index (χ0v) is 15.5. The molecule has 142 valence electrons. The van der Waals surface area contributed by atoms with Crippen LogP contribution in [0, 0.1) is 5.92 Å². The first-order valence-corrected chi connectivity index (χ1v) is 8.28. The molecule has 6 nitrogen and oxygen atoms in total. The first kappa shape index (κ1) is 24.9. The fraction of sp³-hybridized carbons (Fsp3) is 0.526. The zero-order chi connectivity index (χ0) is 19.8. The number of carbonyl (C=O) groups is 3. The van der Waals surface area contributed by atoms with Crippen LogP contribution in [0.1, 0.15) is 46.5 Å². The number of carboxylic acid groups (broad SMARTS) is 1. The minimum Gasteiger partial charge on any atom is -0.481 e. The van der Waals surface area contributed by atoms with Crippen LogP contribution >= 0.6 is 0 Å². The minimum absolute atomic E-state index is 0.0876. The van der Waals surface area contributed by atoms with Gasteiger partial charge in [-0.3, -0.25) is 14.4 Å². The Morgan fingerprint density at radius 2 is 1.84 bits per heavy atom. The van der Waals surface area contributed by atoms with Crippen LogP contribution in [0.25, 0.3) is 0 Å². The molecule has 0 aromatic heterocycles. The van der Waals surface area contributed by atoms with Crippen LogP contribution in [0.3, 0.4) is 0 Å². The Labute approximate surface area is 150 Å². The lowest BCUT2D eigenvalue weighted by Gasteiger charge is -2.22. The Balaban J connectivity index is 0. The summed E-state index contributed by atoms with van der Waals surface area (Å²) >= 11 is 0. The molecule has 1 amide bonds. The SMILES string of the molecule is C=C.C=C(/C=C\C)C[C@H](C[C@@H](C)C(=O)OCC)NC(=O)CCC(=O)O. The molecule has 0 aromatic carbocycles. The molecular formula is C19H31NO5. The van der Waals surface area contributed by atoms with Gasteiger partial charge in [0.15, 0.2) is 0 Å². The second-order valence-electron chi connectivity index (χ2n) is 5.41. The molecule has 0 aliphatic rings. The van der Waals surface area contributed by atoms with Crippen LogP contribution in [0.4, 0.5) is 0 Å². The van der Waals surface area contributed by atoms with Crippen molar-refractivity contribution >= 4 is 17.8 Å². The lowest BCUT2D eigenvalue weighted by atomic mass is 9.96. The van der Waals surface area contributed by atoms with Crippen molar-refractivity contribution < 1.29 is 24.2 Å². The van der Waals surface area contributed by atoms with Crippen LogP contribution in [-0.2, 0) is 19.1 Å². The van der Waals surface area contributed by atoms with Crippen LogP contribution in [0.2, 0.25) is 0 Å². The van der Waals surface area contributed by atoms with E-state index in [1.807, 2.05) is 19.1 Å². The molecule has 0 saturated heterocycles. The summed E-state index contributed by atoms with van der Waals surface area (Å²) in [5.41, 5.74) is 0.826. The number of ether oxygens (including phenoxy) is 1. The molecule has 0 aliphatic heterocycles. The van der Waals surface area contributed by atoms with Gasteiger partial charge in [-0.05, 0) is 26.7 Å². The van der Waals surface area contributed by atoms with Gasteiger partial charge < -0.3 is 15.2 Å². The number of hydrogen-bond donors (Lipinski definition) is 2. The van der Waals surface area contributed by atoms with E-state index in [-0.39, 0.29) is 36.7 Å². The van der Waals surface area contributed by atoms with E-state index in [0.29, 0.717) is 19.4 Å². The van der Waals surface area contributed by atoms with Gasteiger partial charge >= 0.3 is 11.9 Å². The van der Waals surface area contributed by atoms with Crippen molar-refractivity contribution in [3.05, 3.63) is 37.5 Å². The smallest absolute Gasteiger partial charge is 0.308 e. The van der Waals surface area contributed by atoms with Gasteiger partial charge in [0, 0.05) is 12.5 Å². The molecular weight excluding hydrogens is 322 g/mol. The predicted molar refractivity (Wildman–Crippen MR) is 99.0 cm³/mol. The molecule has 0 unspecified atom stereocenters. The van der Waals surface area contributed by atoms with Gasteiger partial charge in [-0.2, -0.15) is 0 Å². The summed E-state index contributed by atoms with van der Waals surface area (Å²) in [6.45, 7) is 15.6. The standard InChI is InChI=1S/C17H27NO5.C2H4/c1-5-7-12(3)10-14(11-13(4)17(22)23-6-2)18-15(19)8-9-16(20)21;1-2/h5,7,13-14H,3,6,8-11H2,1-2,4H3,(H,18,19)(H,20,21);1-2H2/b7-5-;/t13-,14-;/m1./s1. The van der Waals surface area contributed by atoms with Gasteiger partial charge in [-0.1, -0.05) is 31.2 Å². The maximum atomic E-state index is 11.8. The summed E-state index contributed by atoms with van der Waals surface area (Å²) in [6.07, 6.45) is 4.28. The summed E-state index contributed by atoms with van der Waals surface area (Å²) in [7, 11) is 0. The molecule has 0 aliphatic carbocycles. The second-order valence-corrected chi connectivity index (χ2v) is 5.41. The van der Waals surface area contributed by atoms with E-state index in [9.17, 15) is 14.4 Å². The third-order valence-corrected chi connectivity index (χ3v) is 3.17. The highest BCUT2D eigenvalue weighted by Gasteiger charge is 2.22. The topological polar surface area (TPSA) is 92.7 Å². The van der Waals surface area contributed by atoms with Gasteiger partial charge in [0.1, 0.15) is 0 Å². The van der Waals surface area contributed by atoms with Crippen molar-refractivity contribution in [2.75, 3.05) is 6.61 Å². The molecule has 0 radical (unpaired) electrons. The van der Waals surface area contributed by atoms with E-state index in [0.717, 1.165) is 5.57 Å². The number of hydrogen-bond acceptors (Lipinski definition) is 4. The third-order valence-electron chi connectivity index (χ3n) is 3.17. The lowest BCUT2D eigenvalue weighted by molar-refractivity contribution is -0.148. The van der Waals surface area contributed by atoms with Crippen LogP contribution < -0.4 is 5.32 Å². The second kappa shape index (κ2) is 15.2. The highest BCUT2D eigenvalue weighted by atomic mass is 16.5. The number of nitrogens with one attached hydrogen (secondary N) is 1. The lowest BCUT2D eigenvalue weighted by Crippen LogP contribution is -2.37. The van der Waals surface area contributed by atoms with Crippen LogP contribution in [-0.4, -0.2) is 35.6 Å². The van der Waals surface area contributed by atoms with E-state index in [4.69, 9.17) is 9.84 Å². The van der Waals surface area contributed by atoms with Gasteiger partial charge in [-0.15, -0.1) is 13.2 Å². The molecule has 0 heterocycles. The first-order chi connectivity index (χ1) is 11.8. The van der Waals surface area contributed by atoms with Gasteiger partial charge in [0.2, 0.25) is 5.91 Å². The summed E-state index contributed by atoms with van der Waals surface area (Å²) in [6, 6.07) is -0.292.